The van der Waals surface area contributed by atoms with E-state index >= 15 is 0 Å². The maximum atomic E-state index is 5.43. The van der Waals surface area contributed by atoms with Crippen molar-refractivity contribution in [2.45, 2.75) is 25.9 Å². The van der Waals surface area contributed by atoms with Crippen molar-refractivity contribution in [1.29, 1.82) is 0 Å². The van der Waals surface area contributed by atoms with Crippen molar-refractivity contribution in [3.63, 3.8) is 0 Å². The second-order valence-corrected chi connectivity index (χ2v) is 5.22. The molecule has 0 aromatic heterocycles. The molecule has 1 N–H and O–H groups in total. The fourth-order valence-corrected chi connectivity index (χ4v) is 2.11. The van der Waals surface area contributed by atoms with Crippen LogP contribution in [-0.2, 0) is 4.74 Å². The highest BCUT2D eigenvalue weighted by atomic mass is 16.5. The van der Waals surface area contributed by atoms with Crippen molar-refractivity contribution in [3.05, 3.63) is 29.8 Å². The summed E-state index contributed by atoms with van der Waals surface area (Å²) < 4.78 is 10.7. The molecule has 0 aliphatic rings. The van der Waals surface area contributed by atoms with Gasteiger partial charge in [-0.25, -0.2) is 0 Å². The summed E-state index contributed by atoms with van der Waals surface area (Å²) in [5, 5.41) is 3.53. The summed E-state index contributed by atoms with van der Waals surface area (Å²) in [5.74, 6) is 0.900. The lowest BCUT2D eigenvalue weighted by Crippen LogP contribution is -2.38. The Bertz CT molecular complexity index is 382. The monoisotopic (exact) mass is 280 g/mol. The summed E-state index contributed by atoms with van der Waals surface area (Å²) in [5.41, 5.74) is 1.26. The molecule has 0 spiro atoms. The summed E-state index contributed by atoms with van der Waals surface area (Å²) >= 11 is 0. The van der Waals surface area contributed by atoms with Crippen molar-refractivity contribution < 1.29 is 9.47 Å². The predicted octanol–water partition coefficient (Wildman–Crippen LogP) is 2.31. The molecule has 2 unspecified atom stereocenters. The van der Waals surface area contributed by atoms with Crippen LogP contribution in [0, 0.1) is 0 Å². The van der Waals surface area contributed by atoms with E-state index in [2.05, 4.69) is 43.4 Å². The van der Waals surface area contributed by atoms with Crippen LogP contribution >= 0.6 is 0 Å². The van der Waals surface area contributed by atoms with Crippen LogP contribution in [0.5, 0.6) is 5.75 Å². The Hall–Kier alpha value is -1.10. The fourth-order valence-electron chi connectivity index (χ4n) is 2.11. The lowest BCUT2D eigenvalue weighted by atomic mass is 10.1. The number of rotatable bonds is 9. The van der Waals surface area contributed by atoms with Gasteiger partial charge in [0.05, 0.1) is 13.7 Å². The van der Waals surface area contributed by atoms with Gasteiger partial charge in [-0.3, -0.25) is 0 Å². The molecule has 1 rings (SSSR count). The van der Waals surface area contributed by atoms with Crippen molar-refractivity contribution >= 4 is 0 Å². The molecular formula is C16H28N2O2. The minimum absolute atomic E-state index is 0.314. The van der Waals surface area contributed by atoms with Gasteiger partial charge in [0.15, 0.2) is 0 Å². The minimum atomic E-state index is 0.314. The largest absolute Gasteiger partial charge is 0.497 e. The molecular weight excluding hydrogens is 252 g/mol. The highest BCUT2D eigenvalue weighted by Crippen LogP contribution is 2.22. The third kappa shape index (κ3) is 5.49. The van der Waals surface area contributed by atoms with Crippen LogP contribution in [0.2, 0.25) is 0 Å². The van der Waals surface area contributed by atoms with E-state index in [9.17, 15) is 0 Å². The number of ether oxygens (including phenoxy) is 2. The van der Waals surface area contributed by atoms with E-state index in [-0.39, 0.29) is 0 Å². The Kier molecular flexibility index (Phi) is 7.59. The van der Waals surface area contributed by atoms with Gasteiger partial charge in [0.2, 0.25) is 0 Å². The Labute approximate surface area is 123 Å². The highest BCUT2D eigenvalue weighted by Gasteiger charge is 2.15. The van der Waals surface area contributed by atoms with Gasteiger partial charge in [-0.15, -0.1) is 0 Å². The minimum Gasteiger partial charge on any atom is -0.497 e. The van der Waals surface area contributed by atoms with E-state index in [0.29, 0.717) is 12.1 Å². The molecule has 0 amide bonds. The van der Waals surface area contributed by atoms with Gasteiger partial charge in [0, 0.05) is 25.2 Å². The van der Waals surface area contributed by atoms with Gasteiger partial charge in [0.1, 0.15) is 5.75 Å². The van der Waals surface area contributed by atoms with E-state index in [4.69, 9.17) is 9.47 Å². The summed E-state index contributed by atoms with van der Waals surface area (Å²) in [6.07, 6.45) is 0. The molecule has 0 aliphatic heterocycles. The zero-order valence-electron chi connectivity index (χ0n) is 13.3. The zero-order chi connectivity index (χ0) is 15.0. The van der Waals surface area contributed by atoms with Crippen molar-refractivity contribution in [2.75, 3.05) is 41.0 Å². The summed E-state index contributed by atoms with van der Waals surface area (Å²) in [7, 11) is 5.89. The fraction of sp³-hybridized carbons (Fsp3) is 0.625. The van der Waals surface area contributed by atoms with Gasteiger partial charge in [-0.05, 0) is 45.6 Å². The molecule has 0 fully saturated rings. The first-order chi connectivity index (χ1) is 9.58. The zero-order valence-corrected chi connectivity index (χ0v) is 13.3. The first kappa shape index (κ1) is 17.0. The van der Waals surface area contributed by atoms with Gasteiger partial charge >= 0.3 is 0 Å². The molecule has 0 radical (unpaired) electrons. The standard InChI is InChI=1S/C16H28N2O2/c1-6-20-12-13(2)17-11-16(18(3)4)14-8-7-9-15(10-14)19-5/h7-10,13,16-17H,6,11-12H2,1-5H3. The smallest absolute Gasteiger partial charge is 0.119 e. The number of likely N-dealkylation sites (N-methyl/N-ethyl adjacent to an activating group) is 1. The number of benzene rings is 1. The number of hydrogen-bond donors (Lipinski definition) is 1. The molecule has 0 aliphatic carbocycles. The topological polar surface area (TPSA) is 33.7 Å². The van der Waals surface area contributed by atoms with Crippen molar-refractivity contribution in [1.82, 2.24) is 10.2 Å². The van der Waals surface area contributed by atoms with Crippen LogP contribution in [-0.4, -0.2) is 51.9 Å². The number of nitrogens with one attached hydrogen (secondary N) is 1. The van der Waals surface area contributed by atoms with E-state index < -0.39 is 0 Å². The van der Waals surface area contributed by atoms with Crippen LogP contribution < -0.4 is 10.1 Å². The van der Waals surface area contributed by atoms with E-state index in [1.807, 2.05) is 19.1 Å². The second kappa shape index (κ2) is 8.95. The number of methoxy groups -OCH3 is 1. The van der Waals surface area contributed by atoms with Gasteiger partial charge in [-0.1, -0.05) is 12.1 Å². The number of nitrogens with zero attached hydrogens (tertiary/aromatic N) is 1. The number of hydrogen-bond acceptors (Lipinski definition) is 4. The summed E-state index contributed by atoms with van der Waals surface area (Å²) in [4.78, 5) is 2.22. The van der Waals surface area contributed by atoms with E-state index in [1.54, 1.807) is 7.11 Å². The van der Waals surface area contributed by atoms with Crippen LogP contribution in [0.25, 0.3) is 0 Å². The predicted molar refractivity (Wildman–Crippen MR) is 83.4 cm³/mol. The maximum Gasteiger partial charge on any atom is 0.119 e. The molecule has 1 aromatic rings. The average molecular weight is 280 g/mol. The lowest BCUT2D eigenvalue weighted by molar-refractivity contribution is 0.124. The van der Waals surface area contributed by atoms with Gasteiger partial charge in [0.25, 0.3) is 0 Å². The molecule has 0 bridgehead atoms. The van der Waals surface area contributed by atoms with Gasteiger partial charge in [-0.2, -0.15) is 0 Å². The Morgan fingerprint density at radius 3 is 2.65 bits per heavy atom. The first-order valence-electron chi connectivity index (χ1n) is 7.20. The average Bonchev–Trinajstić information content (AvgIpc) is 2.45. The Morgan fingerprint density at radius 1 is 1.30 bits per heavy atom. The molecule has 20 heavy (non-hydrogen) atoms. The summed E-state index contributed by atoms with van der Waals surface area (Å²) in [6, 6.07) is 8.91. The van der Waals surface area contributed by atoms with Crippen LogP contribution in [0.1, 0.15) is 25.5 Å². The SMILES string of the molecule is CCOCC(C)NCC(c1cccc(OC)c1)N(C)C. The summed E-state index contributed by atoms with van der Waals surface area (Å²) in [6.45, 7) is 6.56. The molecule has 0 heterocycles. The molecule has 2 atom stereocenters. The maximum absolute atomic E-state index is 5.43. The molecule has 1 aromatic carbocycles. The lowest BCUT2D eigenvalue weighted by Gasteiger charge is -2.27. The highest BCUT2D eigenvalue weighted by molar-refractivity contribution is 5.30. The normalized spacial score (nSPS) is 14.3. The van der Waals surface area contributed by atoms with E-state index in [1.165, 1.54) is 5.56 Å². The first-order valence-corrected chi connectivity index (χ1v) is 7.20. The van der Waals surface area contributed by atoms with Crippen LogP contribution in [0.4, 0.5) is 0 Å². The molecule has 4 heteroatoms. The quantitative estimate of drug-likeness (QED) is 0.752. The molecule has 0 saturated carbocycles. The van der Waals surface area contributed by atoms with Crippen molar-refractivity contribution in [3.8, 4) is 5.75 Å². The van der Waals surface area contributed by atoms with Crippen LogP contribution in [0.15, 0.2) is 24.3 Å². The second-order valence-electron chi connectivity index (χ2n) is 5.22. The van der Waals surface area contributed by atoms with E-state index in [0.717, 1.165) is 25.5 Å². The Morgan fingerprint density at radius 2 is 2.05 bits per heavy atom. The molecule has 4 nitrogen and oxygen atoms in total. The van der Waals surface area contributed by atoms with Gasteiger partial charge < -0.3 is 19.7 Å². The third-order valence-electron chi connectivity index (χ3n) is 3.33. The molecule has 0 saturated heterocycles. The molecule has 114 valence electrons. The van der Waals surface area contributed by atoms with Crippen LogP contribution in [0.3, 0.4) is 0 Å². The van der Waals surface area contributed by atoms with Crippen molar-refractivity contribution in [2.24, 2.45) is 0 Å². The Balaban J connectivity index is 2.64. The third-order valence-corrected chi connectivity index (χ3v) is 3.33.